The van der Waals surface area contributed by atoms with Crippen LogP contribution in [0, 0.1) is 0 Å². The van der Waals surface area contributed by atoms with Gasteiger partial charge < -0.3 is 14.5 Å². The number of H-pyrrole nitrogens is 1. The highest BCUT2D eigenvalue weighted by molar-refractivity contribution is 7.99. The normalized spacial score (nSPS) is 10.8. The number of ketones is 1. The number of hydrogen-bond acceptors (Lipinski definition) is 6. The van der Waals surface area contributed by atoms with Crippen molar-refractivity contribution >= 4 is 17.5 Å². The van der Waals surface area contributed by atoms with E-state index in [0.29, 0.717) is 23.3 Å². The van der Waals surface area contributed by atoms with Gasteiger partial charge in [0, 0.05) is 17.4 Å². The Morgan fingerprint density at radius 3 is 2.61 bits per heavy atom. The predicted octanol–water partition coefficient (Wildman–Crippen LogP) is 4.64. The smallest absolute Gasteiger partial charge is 0.196 e. The van der Waals surface area contributed by atoms with Crippen LogP contribution in [0.1, 0.15) is 17.4 Å². The van der Waals surface area contributed by atoms with E-state index in [9.17, 15) is 4.79 Å². The fourth-order valence-corrected chi connectivity index (χ4v) is 3.95. The minimum absolute atomic E-state index is 0.000765. The molecule has 8 heteroatoms. The third kappa shape index (κ3) is 4.64. The molecule has 0 aliphatic rings. The third-order valence-corrected chi connectivity index (χ3v) is 5.53. The van der Waals surface area contributed by atoms with E-state index in [-0.39, 0.29) is 11.5 Å². The lowest BCUT2D eigenvalue weighted by Crippen LogP contribution is -2.05. The highest BCUT2D eigenvalue weighted by Gasteiger charge is 2.18. The Hall–Kier alpha value is -3.52. The summed E-state index contributed by atoms with van der Waals surface area (Å²) >= 11 is 1.35. The zero-order valence-corrected chi connectivity index (χ0v) is 18.1. The number of rotatable bonds is 9. The molecule has 0 radical (unpaired) electrons. The molecule has 0 saturated carbocycles. The molecule has 0 spiro atoms. The molecule has 0 saturated heterocycles. The van der Waals surface area contributed by atoms with E-state index in [4.69, 9.17) is 9.47 Å². The highest BCUT2D eigenvalue weighted by Crippen LogP contribution is 2.30. The number of nitrogens with one attached hydrogen (secondary N) is 1. The summed E-state index contributed by atoms with van der Waals surface area (Å²) in [6.07, 6.45) is 1.74. The molecule has 0 unspecified atom stereocenters. The van der Waals surface area contributed by atoms with Gasteiger partial charge in [-0.15, -0.1) is 10.2 Å². The van der Waals surface area contributed by atoms with Crippen molar-refractivity contribution in [3.8, 4) is 28.6 Å². The molecule has 0 fully saturated rings. The van der Waals surface area contributed by atoms with E-state index in [0.717, 1.165) is 22.7 Å². The Bertz CT molecular complexity index is 1150. The van der Waals surface area contributed by atoms with Gasteiger partial charge >= 0.3 is 0 Å². The average Bonchev–Trinajstić information content (AvgIpc) is 3.49. The van der Waals surface area contributed by atoms with E-state index in [1.165, 1.54) is 11.8 Å². The Morgan fingerprint density at radius 1 is 1.06 bits per heavy atom. The highest BCUT2D eigenvalue weighted by atomic mass is 32.2. The summed E-state index contributed by atoms with van der Waals surface area (Å²) < 4.78 is 12.9. The minimum Gasteiger partial charge on any atom is -0.497 e. The van der Waals surface area contributed by atoms with Crippen LogP contribution in [-0.4, -0.2) is 45.0 Å². The first-order chi connectivity index (χ1) is 15.2. The van der Waals surface area contributed by atoms with Gasteiger partial charge in [0.05, 0.1) is 25.2 Å². The maximum absolute atomic E-state index is 12.5. The van der Waals surface area contributed by atoms with Gasteiger partial charge in [0.1, 0.15) is 11.5 Å². The largest absolute Gasteiger partial charge is 0.497 e. The molecule has 0 amide bonds. The molecule has 7 nitrogen and oxygen atoms in total. The minimum atomic E-state index is -0.000765. The maximum Gasteiger partial charge on any atom is 0.196 e. The van der Waals surface area contributed by atoms with Crippen LogP contribution in [0.2, 0.25) is 0 Å². The molecule has 31 heavy (non-hydrogen) atoms. The van der Waals surface area contributed by atoms with Crippen molar-refractivity contribution in [2.45, 2.75) is 12.1 Å². The van der Waals surface area contributed by atoms with Crippen molar-refractivity contribution in [2.24, 2.45) is 0 Å². The van der Waals surface area contributed by atoms with Crippen LogP contribution in [0.15, 0.2) is 72.0 Å². The Balaban J connectivity index is 1.70. The van der Waals surface area contributed by atoms with Gasteiger partial charge in [-0.05, 0) is 55.5 Å². The number of aromatic amines is 1. The molecule has 0 atom stereocenters. The molecule has 2 aromatic carbocycles. The summed E-state index contributed by atoms with van der Waals surface area (Å²) in [5.74, 6) is 2.43. The van der Waals surface area contributed by atoms with Crippen molar-refractivity contribution in [1.82, 2.24) is 19.7 Å². The monoisotopic (exact) mass is 434 g/mol. The molecule has 0 aliphatic carbocycles. The second-order valence-electron chi connectivity index (χ2n) is 6.60. The predicted molar refractivity (Wildman–Crippen MR) is 120 cm³/mol. The lowest BCUT2D eigenvalue weighted by atomic mass is 10.2. The van der Waals surface area contributed by atoms with Crippen LogP contribution < -0.4 is 9.47 Å². The molecule has 158 valence electrons. The average molecular weight is 435 g/mol. The Labute approximate surface area is 184 Å². The Morgan fingerprint density at radius 2 is 1.90 bits per heavy atom. The van der Waals surface area contributed by atoms with E-state index in [1.54, 1.807) is 25.4 Å². The second kappa shape index (κ2) is 9.53. The van der Waals surface area contributed by atoms with Gasteiger partial charge in [-0.3, -0.25) is 9.36 Å². The number of carbonyl (C=O) groups is 1. The van der Waals surface area contributed by atoms with Crippen molar-refractivity contribution < 1.29 is 14.3 Å². The van der Waals surface area contributed by atoms with Crippen molar-refractivity contribution in [2.75, 3.05) is 19.5 Å². The summed E-state index contributed by atoms with van der Waals surface area (Å²) in [5, 5.41) is 9.43. The molecule has 2 heterocycles. The number of aromatic nitrogens is 4. The molecule has 1 N–H and O–H groups in total. The molecule has 0 aliphatic heterocycles. The number of ether oxygens (including phenoxy) is 2. The van der Waals surface area contributed by atoms with Gasteiger partial charge in [0.25, 0.3) is 0 Å². The van der Waals surface area contributed by atoms with Crippen LogP contribution in [0.25, 0.3) is 17.1 Å². The first kappa shape index (κ1) is 20.7. The SMILES string of the molecule is CCOc1ccc(-n2c(SCC(=O)c3ccc[nH]3)nnc2-c2cccc(OC)c2)cc1. The number of nitrogens with zero attached hydrogens (tertiary/aromatic N) is 3. The lowest BCUT2D eigenvalue weighted by molar-refractivity contribution is 0.101. The number of hydrogen-bond donors (Lipinski definition) is 1. The quantitative estimate of drug-likeness (QED) is 0.305. The van der Waals surface area contributed by atoms with E-state index >= 15 is 0 Å². The number of methoxy groups -OCH3 is 1. The zero-order chi connectivity index (χ0) is 21.6. The fraction of sp³-hybridized carbons (Fsp3) is 0.174. The van der Waals surface area contributed by atoms with E-state index in [2.05, 4.69) is 15.2 Å². The molecule has 4 rings (SSSR count). The first-order valence-electron chi connectivity index (χ1n) is 9.82. The van der Waals surface area contributed by atoms with Crippen LogP contribution >= 0.6 is 11.8 Å². The molecule has 2 aromatic heterocycles. The molecular formula is C23H22N4O3S. The van der Waals surface area contributed by atoms with Crippen molar-refractivity contribution in [3.05, 3.63) is 72.6 Å². The summed E-state index contributed by atoms with van der Waals surface area (Å²) in [7, 11) is 1.63. The van der Waals surface area contributed by atoms with Crippen molar-refractivity contribution in [3.63, 3.8) is 0 Å². The molecular weight excluding hydrogens is 412 g/mol. The number of benzene rings is 2. The van der Waals surface area contributed by atoms with Gasteiger partial charge in [-0.25, -0.2) is 0 Å². The van der Waals surface area contributed by atoms with Crippen LogP contribution in [0.4, 0.5) is 0 Å². The number of carbonyl (C=O) groups excluding carboxylic acids is 1. The summed E-state index contributed by atoms with van der Waals surface area (Å²) in [6.45, 7) is 2.55. The van der Waals surface area contributed by atoms with Crippen LogP contribution in [0.5, 0.6) is 11.5 Å². The van der Waals surface area contributed by atoms with Gasteiger partial charge in [-0.2, -0.15) is 0 Å². The number of thioether (sulfide) groups is 1. The van der Waals surface area contributed by atoms with Gasteiger partial charge in [-0.1, -0.05) is 23.9 Å². The fourth-order valence-electron chi connectivity index (χ4n) is 3.12. The van der Waals surface area contributed by atoms with Crippen LogP contribution in [0.3, 0.4) is 0 Å². The van der Waals surface area contributed by atoms with E-state index in [1.807, 2.05) is 60.0 Å². The maximum atomic E-state index is 12.5. The zero-order valence-electron chi connectivity index (χ0n) is 17.2. The lowest BCUT2D eigenvalue weighted by Gasteiger charge is -2.12. The van der Waals surface area contributed by atoms with E-state index < -0.39 is 0 Å². The van der Waals surface area contributed by atoms with Gasteiger partial charge in [0.15, 0.2) is 16.8 Å². The molecule has 4 aromatic rings. The molecule has 0 bridgehead atoms. The number of Topliss-reactive ketones (excluding diaryl/α,β-unsaturated/α-hetero) is 1. The third-order valence-electron chi connectivity index (χ3n) is 4.60. The van der Waals surface area contributed by atoms with Crippen LogP contribution in [-0.2, 0) is 0 Å². The van der Waals surface area contributed by atoms with Gasteiger partial charge in [0.2, 0.25) is 0 Å². The summed E-state index contributed by atoms with van der Waals surface area (Å²) in [4.78, 5) is 15.4. The van der Waals surface area contributed by atoms with Crippen molar-refractivity contribution in [1.29, 1.82) is 0 Å². The standard InChI is InChI=1S/C23H22N4O3S/c1-3-30-18-11-9-17(10-12-18)27-22(16-6-4-7-19(14-16)29-2)25-26-23(27)31-15-21(28)20-8-5-13-24-20/h4-14,24H,3,15H2,1-2H3. The first-order valence-corrected chi connectivity index (χ1v) is 10.8. The topological polar surface area (TPSA) is 82.0 Å². The second-order valence-corrected chi connectivity index (χ2v) is 7.54. The summed E-state index contributed by atoms with van der Waals surface area (Å²) in [5.41, 5.74) is 2.32. The summed E-state index contributed by atoms with van der Waals surface area (Å²) in [6, 6.07) is 19.0. The Kier molecular flexibility index (Phi) is 6.37.